The molecule has 1 N–H and O–H groups in total. The van der Waals surface area contributed by atoms with Crippen molar-refractivity contribution in [1.29, 1.82) is 0 Å². The highest BCUT2D eigenvalue weighted by Crippen LogP contribution is 2.22. The Labute approximate surface area is 173 Å². The first-order chi connectivity index (χ1) is 14.8. The zero-order valence-electron chi connectivity index (χ0n) is 16.1. The van der Waals surface area contributed by atoms with E-state index >= 15 is 0 Å². The van der Waals surface area contributed by atoms with Gasteiger partial charge in [-0.25, -0.2) is 9.67 Å². The fourth-order valence-corrected chi connectivity index (χ4v) is 2.76. The van der Waals surface area contributed by atoms with Crippen LogP contribution in [0, 0.1) is 0 Å². The third-order valence-electron chi connectivity index (χ3n) is 4.22. The Morgan fingerprint density at radius 1 is 0.933 bits per heavy atom. The lowest BCUT2D eigenvalue weighted by molar-refractivity contribution is -0.123. The summed E-state index contributed by atoms with van der Waals surface area (Å²) in [5.41, 5.74) is 1.92. The summed E-state index contributed by atoms with van der Waals surface area (Å²) in [6.45, 7) is 0.341. The molecule has 2 heterocycles. The molecular weight excluding hydrogens is 380 g/mol. The first-order valence-electron chi connectivity index (χ1n) is 9.44. The number of nitrogens with zero attached hydrogens (tertiary/aromatic N) is 3. The van der Waals surface area contributed by atoms with Crippen molar-refractivity contribution in [3.8, 4) is 23.1 Å². The average Bonchev–Trinajstić information content (AvgIpc) is 3.33. The topological polar surface area (TPSA) is 78.3 Å². The van der Waals surface area contributed by atoms with Gasteiger partial charge in [-0.05, 0) is 54.1 Å². The van der Waals surface area contributed by atoms with E-state index in [1.54, 1.807) is 47.4 Å². The fraction of sp³-hybridized carbons (Fsp3) is 0.0870. The predicted octanol–water partition coefficient (Wildman–Crippen LogP) is 3.75. The average molecular weight is 400 g/mol. The molecular formula is C23H20N4O3. The summed E-state index contributed by atoms with van der Waals surface area (Å²) in [6, 6.07) is 22.2. The number of carbonyl (C=O) groups excluding carboxylic acids is 1. The number of rotatable bonds is 8. The second-order valence-electron chi connectivity index (χ2n) is 6.43. The van der Waals surface area contributed by atoms with Crippen LogP contribution in [0.3, 0.4) is 0 Å². The Hall–Kier alpha value is -4.13. The van der Waals surface area contributed by atoms with E-state index in [9.17, 15) is 4.79 Å². The number of hydrogen-bond acceptors (Lipinski definition) is 5. The highest BCUT2D eigenvalue weighted by Gasteiger charge is 2.05. The van der Waals surface area contributed by atoms with Crippen LogP contribution >= 0.6 is 0 Å². The standard InChI is InChI=1S/C23H20N4O3/c28-22(25-16-18-5-3-6-19(15-18)27-14-4-13-26-27)17-29-20-8-10-21(11-9-20)30-23-7-1-2-12-24-23/h1-15H,16-17H2,(H,25,28). The lowest BCUT2D eigenvalue weighted by atomic mass is 10.2. The van der Waals surface area contributed by atoms with Gasteiger partial charge >= 0.3 is 0 Å². The van der Waals surface area contributed by atoms with Crippen LogP contribution in [0.2, 0.25) is 0 Å². The summed E-state index contributed by atoms with van der Waals surface area (Å²) in [7, 11) is 0. The molecule has 30 heavy (non-hydrogen) atoms. The van der Waals surface area contributed by atoms with Gasteiger partial charge in [0.25, 0.3) is 5.91 Å². The maximum atomic E-state index is 12.1. The van der Waals surface area contributed by atoms with Gasteiger partial charge in [0, 0.05) is 31.2 Å². The molecule has 0 unspecified atom stereocenters. The molecule has 0 aliphatic heterocycles. The van der Waals surface area contributed by atoms with Gasteiger partial charge in [0.2, 0.25) is 5.88 Å². The molecule has 7 nitrogen and oxygen atoms in total. The van der Waals surface area contributed by atoms with Crippen molar-refractivity contribution < 1.29 is 14.3 Å². The molecule has 0 radical (unpaired) electrons. The van der Waals surface area contributed by atoms with Gasteiger partial charge in [-0.1, -0.05) is 18.2 Å². The zero-order valence-corrected chi connectivity index (χ0v) is 16.1. The Balaban J connectivity index is 1.24. The predicted molar refractivity (Wildman–Crippen MR) is 112 cm³/mol. The van der Waals surface area contributed by atoms with Crippen molar-refractivity contribution in [2.24, 2.45) is 0 Å². The maximum absolute atomic E-state index is 12.1. The molecule has 0 aliphatic carbocycles. The van der Waals surface area contributed by atoms with Crippen LogP contribution < -0.4 is 14.8 Å². The Kier molecular flexibility index (Phi) is 6.00. The molecule has 1 amide bonds. The molecule has 150 valence electrons. The number of hydrogen-bond donors (Lipinski definition) is 1. The molecule has 0 aliphatic rings. The minimum atomic E-state index is -0.201. The number of ether oxygens (including phenoxy) is 2. The van der Waals surface area contributed by atoms with Crippen molar-refractivity contribution in [3.63, 3.8) is 0 Å². The number of nitrogens with one attached hydrogen (secondary N) is 1. The van der Waals surface area contributed by atoms with E-state index in [1.807, 2.05) is 48.7 Å². The minimum Gasteiger partial charge on any atom is -0.484 e. The van der Waals surface area contributed by atoms with Crippen molar-refractivity contribution in [2.45, 2.75) is 6.54 Å². The number of amides is 1. The van der Waals surface area contributed by atoms with Gasteiger partial charge in [0.1, 0.15) is 11.5 Å². The van der Waals surface area contributed by atoms with E-state index in [2.05, 4.69) is 15.4 Å². The molecule has 4 rings (SSSR count). The molecule has 0 atom stereocenters. The van der Waals surface area contributed by atoms with Crippen LogP contribution in [0.25, 0.3) is 5.69 Å². The van der Waals surface area contributed by atoms with Gasteiger partial charge in [0.15, 0.2) is 6.61 Å². The van der Waals surface area contributed by atoms with E-state index in [0.29, 0.717) is 23.9 Å². The quantitative estimate of drug-likeness (QED) is 0.487. The Bertz CT molecular complexity index is 1080. The fourth-order valence-electron chi connectivity index (χ4n) is 2.76. The Morgan fingerprint density at radius 2 is 1.80 bits per heavy atom. The lowest BCUT2D eigenvalue weighted by Gasteiger charge is -2.09. The molecule has 0 spiro atoms. The number of carbonyl (C=O) groups is 1. The molecule has 0 saturated heterocycles. The molecule has 0 saturated carbocycles. The van der Waals surface area contributed by atoms with Gasteiger partial charge in [-0.15, -0.1) is 0 Å². The van der Waals surface area contributed by atoms with E-state index < -0.39 is 0 Å². The highest BCUT2D eigenvalue weighted by atomic mass is 16.5. The SMILES string of the molecule is O=C(COc1ccc(Oc2ccccn2)cc1)NCc1cccc(-n2cccn2)c1. The van der Waals surface area contributed by atoms with Gasteiger partial charge < -0.3 is 14.8 Å². The second-order valence-corrected chi connectivity index (χ2v) is 6.43. The van der Waals surface area contributed by atoms with Gasteiger partial charge in [-0.3, -0.25) is 4.79 Å². The van der Waals surface area contributed by atoms with Gasteiger partial charge in [0.05, 0.1) is 5.69 Å². The van der Waals surface area contributed by atoms with Crippen LogP contribution in [0.4, 0.5) is 0 Å². The third kappa shape index (κ3) is 5.23. The van der Waals surface area contributed by atoms with Crippen molar-refractivity contribution in [2.75, 3.05) is 6.61 Å². The first-order valence-corrected chi connectivity index (χ1v) is 9.44. The maximum Gasteiger partial charge on any atom is 0.258 e. The summed E-state index contributed by atoms with van der Waals surface area (Å²) in [4.78, 5) is 16.2. The summed E-state index contributed by atoms with van der Waals surface area (Å²) in [5, 5.41) is 7.07. The minimum absolute atomic E-state index is 0.0701. The molecule has 4 aromatic rings. The molecule has 7 heteroatoms. The van der Waals surface area contributed by atoms with Crippen LogP contribution in [-0.4, -0.2) is 27.3 Å². The third-order valence-corrected chi connectivity index (χ3v) is 4.22. The van der Waals surface area contributed by atoms with Crippen LogP contribution in [0.5, 0.6) is 17.4 Å². The summed E-state index contributed by atoms with van der Waals surface area (Å²) >= 11 is 0. The van der Waals surface area contributed by atoms with Crippen molar-refractivity contribution in [3.05, 3.63) is 97.0 Å². The van der Waals surface area contributed by atoms with E-state index in [0.717, 1.165) is 11.3 Å². The van der Waals surface area contributed by atoms with E-state index in [1.165, 1.54) is 0 Å². The highest BCUT2D eigenvalue weighted by molar-refractivity contribution is 5.77. The van der Waals surface area contributed by atoms with Gasteiger partial charge in [-0.2, -0.15) is 5.10 Å². The monoisotopic (exact) mass is 400 g/mol. The van der Waals surface area contributed by atoms with Crippen LogP contribution in [0.1, 0.15) is 5.56 Å². The van der Waals surface area contributed by atoms with Crippen molar-refractivity contribution in [1.82, 2.24) is 20.1 Å². The van der Waals surface area contributed by atoms with Crippen LogP contribution in [0.15, 0.2) is 91.4 Å². The summed E-state index contributed by atoms with van der Waals surface area (Å²) in [6.07, 6.45) is 5.26. The molecule has 2 aromatic carbocycles. The summed E-state index contributed by atoms with van der Waals surface area (Å²) in [5.74, 6) is 1.54. The van der Waals surface area contributed by atoms with E-state index in [4.69, 9.17) is 9.47 Å². The first kappa shape index (κ1) is 19.2. The number of aromatic nitrogens is 3. The summed E-state index contributed by atoms with van der Waals surface area (Å²) < 4.78 is 13.0. The van der Waals surface area contributed by atoms with E-state index in [-0.39, 0.29) is 12.5 Å². The van der Waals surface area contributed by atoms with Crippen molar-refractivity contribution >= 4 is 5.91 Å². The smallest absolute Gasteiger partial charge is 0.258 e. The van der Waals surface area contributed by atoms with Crippen LogP contribution in [-0.2, 0) is 11.3 Å². The Morgan fingerprint density at radius 3 is 2.57 bits per heavy atom. The zero-order chi connectivity index (χ0) is 20.6. The molecule has 0 fully saturated rings. The normalized spacial score (nSPS) is 10.4. The lowest BCUT2D eigenvalue weighted by Crippen LogP contribution is -2.28. The second kappa shape index (κ2) is 9.38. The largest absolute Gasteiger partial charge is 0.484 e. The number of pyridine rings is 1. The number of benzene rings is 2. The molecule has 0 bridgehead atoms. The molecule has 2 aromatic heterocycles.